The van der Waals surface area contributed by atoms with Gasteiger partial charge < -0.3 is 10.6 Å². The van der Waals surface area contributed by atoms with Crippen LogP contribution >= 0.6 is 11.3 Å². The topological polar surface area (TPSA) is 58.2 Å². The molecule has 2 N–H and O–H groups in total. The average molecular weight is 286 g/mol. The van der Waals surface area contributed by atoms with Crippen LogP contribution in [0.15, 0.2) is 36.4 Å². The number of anilines is 2. The predicted octanol–water partition coefficient (Wildman–Crippen LogP) is 2.93. The van der Waals surface area contributed by atoms with Crippen LogP contribution in [0.2, 0.25) is 0 Å². The number of nitrogens with one attached hydrogen (secondary N) is 2. The van der Waals surface area contributed by atoms with Crippen molar-refractivity contribution < 1.29 is 9.59 Å². The number of hydrogen-bond donors (Lipinski definition) is 2. The van der Waals surface area contributed by atoms with Crippen LogP contribution in [0.4, 0.5) is 10.7 Å². The molecule has 0 fully saturated rings. The van der Waals surface area contributed by atoms with E-state index >= 15 is 0 Å². The van der Waals surface area contributed by atoms with Gasteiger partial charge in [0.15, 0.2) is 5.78 Å². The van der Waals surface area contributed by atoms with Gasteiger partial charge in [0.1, 0.15) is 11.0 Å². The van der Waals surface area contributed by atoms with Crippen molar-refractivity contribution in [1.29, 1.82) is 0 Å². The van der Waals surface area contributed by atoms with Crippen molar-refractivity contribution in [3.63, 3.8) is 0 Å². The second kappa shape index (κ2) is 5.09. The molecule has 0 saturated carbocycles. The SMILES string of the molecule is CC(=O)c1cc2c(s1)N[C@@H](Cc1ccccc1)C(=O)N2. The molecule has 102 valence electrons. The summed E-state index contributed by atoms with van der Waals surface area (Å²) in [7, 11) is 0. The highest BCUT2D eigenvalue weighted by Crippen LogP contribution is 2.36. The molecule has 2 aromatic rings. The van der Waals surface area contributed by atoms with Crippen molar-refractivity contribution in [2.45, 2.75) is 19.4 Å². The van der Waals surface area contributed by atoms with E-state index in [9.17, 15) is 9.59 Å². The molecule has 1 atom stereocenters. The van der Waals surface area contributed by atoms with Gasteiger partial charge in [-0.2, -0.15) is 0 Å². The van der Waals surface area contributed by atoms with E-state index in [-0.39, 0.29) is 17.7 Å². The summed E-state index contributed by atoms with van der Waals surface area (Å²) in [5, 5.41) is 6.94. The third-order valence-electron chi connectivity index (χ3n) is 3.24. The Balaban J connectivity index is 1.82. The van der Waals surface area contributed by atoms with Crippen molar-refractivity contribution in [3.05, 3.63) is 46.8 Å². The smallest absolute Gasteiger partial charge is 0.247 e. The van der Waals surface area contributed by atoms with Gasteiger partial charge in [0.25, 0.3) is 0 Å². The summed E-state index contributed by atoms with van der Waals surface area (Å²) in [5.41, 5.74) is 1.81. The standard InChI is InChI=1S/C15H14N2O2S/c1-9(18)13-8-12-15(20-13)17-11(14(19)16-12)7-10-5-3-2-4-6-10/h2-6,8,11,17H,7H2,1H3,(H,16,19)/t11-/m0/s1. The molecule has 1 aliphatic rings. The second-order valence-electron chi connectivity index (χ2n) is 4.79. The minimum atomic E-state index is -0.302. The predicted molar refractivity (Wildman–Crippen MR) is 80.5 cm³/mol. The molecule has 4 nitrogen and oxygen atoms in total. The lowest BCUT2D eigenvalue weighted by molar-refractivity contribution is -0.117. The monoisotopic (exact) mass is 286 g/mol. The molecule has 1 aromatic heterocycles. The van der Waals surface area contributed by atoms with Crippen molar-refractivity contribution in [3.8, 4) is 0 Å². The minimum absolute atomic E-state index is 0.0139. The van der Waals surface area contributed by atoms with Gasteiger partial charge in [-0.05, 0) is 18.6 Å². The van der Waals surface area contributed by atoms with Crippen LogP contribution in [0.5, 0.6) is 0 Å². The quantitative estimate of drug-likeness (QED) is 0.853. The van der Waals surface area contributed by atoms with Gasteiger partial charge >= 0.3 is 0 Å². The summed E-state index contributed by atoms with van der Waals surface area (Å²) >= 11 is 1.38. The number of thiophene rings is 1. The number of Topliss-reactive ketones (excluding diaryl/α,β-unsaturated/α-hetero) is 1. The first kappa shape index (κ1) is 12.9. The molecule has 1 amide bonds. The minimum Gasteiger partial charge on any atom is -0.363 e. The molecule has 0 radical (unpaired) electrons. The van der Waals surface area contributed by atoms with Gasteiger partial charge in [-0.25, -0.2) is 0 Å². The highest BCUT2D eigenvalue weighted by Gasteiger charge is 2.27. The lowest BCUT2D eigenvalue weighted by Gasteiger charge is -2.24. The number of carbonyl (C=O) groups excluding carboxylic acids is 2. The second-order valence-corrected chi connectivity index (χ2v) is 5.84. The van der Waals surface area contributed by atoms with E-state index in [1.165, 1.54) is 18.3 Å². The molecule has 1 aliphatic heterocycles. The summed E-state index contributed by atoms with van der Waals surface area (Å²) in [5.74, 6) is -0.0469. The van der Waals surface area contributed by atoms with Gasteiger partial charge in [-0.15, -0.1) is 11.3 Å². The number of fused-ring (bicyclic) bond motifs is 1. The normalized spacial score (nSPS) is 17.1. The first-order valence-electron chi connectivity index (χ1n) is 6.39. The molecule has 0 saturated heterocycles. The summed E-state index contributed by atoms with van der Waals surface area (Å²) in [6, 6.07) is 11.3. The van der Waals surface area contributed by atoms with E-state index in [1.807, 2.05) is 30.3 Å². The Labute approximate surface area is 120 Å². The maximum absolute atomic E-state index is 12.1. The van der Waals surface area contributed by atoms with E-state index < -0.39 is 0 Å². The fourth-order valence-corrected chi connectivity index (χ4v) is 3.16. The Hall–Kier alpha value is -2.14. The maximum atomic E-state index is 12.1. The van der Waals surface area contributed by atoms with Crippen LogP contribution < -0.4 is 10.6 Å². The Morgan fingerprint density at radius 3 is 2.75 bits per heavy atom. The fraction of sp³-hybridized carbons (Fsp3) is 0.200. The van der Waals surface area contributed by atoms with Crippen LogP contribution in [0.25, 0.3) is 0 Å². The molecule has 0 spiro atoms. The highest BCUT2D eigenvalue weighted by atomic mass is 32.1. The highest BCUT2D eigenvalue weighted by molar-refractivity contribution is 7.18. The molecular formula is C15H14N2O2S. The molecule has 2 heterocycles. The molecular weight excluding hydrogens is 272 g/mol. The average Bonchev–Trinajstić information content (AvgIpc) is 2.83. The number of amides is 1. The largest absolute Gasteiger partial charge is 0.363 e. The first-order chi connectivity index (χ1) is 9.63. The molecule has 1 aromatic carbocycles. The fourth-order valence-electron chi connectivity index (χ4n) is 2.20. The van der Waals surface area contributed by atoms with E-state index in [4.69, 9.17) is 0 Å². The van der Waals surface area contributed by atoms with Crippen molar-refractivity contribution in [2.75, 3.05) is 10.6 Å². The number of hydrogen-bond acceptors (Lipinski definition) is 4. The molecule has 5 heteroatoms. The molecule has 3 rings (SSSR count). The maximum Gasteiger partial charge on any atom is 0.247 e. The van der Waals surface area contributed by atoms with Crippen LogP contribution in [0.3, 0.4) is 0 Å². The number of carbonyl (C=O) groups is 2. The first-order valence-corrected chi connectivity index (χ1v) is 7.21. The lowest BCUT2D eigenvalue weighted by atomic mass is 10.0. The number of rotatable bonds is 3. The van der Waals surface area contributed by atoms with E-state index in [1.54, 1.807) is 6.07 Å². The Morgan fingerprint density at radius 2 is 2.05 bits per heavy atom. The zero-order chi connectivity index (χ0) is 14.1. The zero-order valence-corrected chi connectivity index (χ0v) is 11.8. The zero-order valence-electron chi connectivity index (χ0n) is 11.0. The Morgan fingerprint density at radius 1 is 1.30 bits per heavy atom. The van der Waals surface area contributed by atoms with Crippen molar-refractivity contribution in [1.82, 2.24) is 0 Å². The van der Waals surface area contributed by atoms with Crippen LogP contribution in [0.1, 0.15) is 22.2 Å². The summed E-state index contributed by atoms with van der Waals surface area (Å²) in [6.07, 6.45) is 0.624. The van der Waals surface area contributed by atoms with Gasteiger partial charge in [0.05, 0.1) is 10.6 Å². The Bertz CT molecular complexity index is 664. The van der Waals surface area contributed by atoms with Crippen molar-refractivity contribution in [2.24, 2.45) is 0 Å². The summed E-state index contributed by atoms with van der Waals surface area (Å²) in [6.45, 7) is 1.53. The van der Waals surface area contributed by atoms with Gasteiger partial charge in [-0.3, -0.25) is 9.59 Å². The van der Waals surface area contributed by atoms with Gasteiger partial charge in [0, 0.05) is 6.42 Å². The Kier molecular flexibility index (Phi) is 3.28. The third-order valence-corrected chi connectivity index (χ3v) is 4.41. The van der Waals surface area contributed by atoms with E-state index in [2.05, 4.69) is 10.6 Å². The molecule has 20 heavy (non-hydrogen) atoms. The molecule has 0 unspecified atom stereocenters. The number of ketones is 1. The summed E-state index contributed by atoms with van der Waals surface area (Å²) < 4.78 is 0. The number of benzene rings is 1. The van der Waals surface area contributed by atoms with Crippen LogP contribution in [-0.4, -0.2) is 17.7 Å². The molecule has 0 bridgehead atoms. The van der Waals surface area contributed by atoms with E-state index in [0.29, 0.717) is 17.0 Å². The van der Waals surface area contributed by atoms with Gasteiger partial charge in [-0.1, -0.05) is 30.3 Å². The summed E-state index contributed by atoms with van der Waals surface area (Å²) in [4.78, 5) is 24.1. The molecule has 0 aliphatic carbocycles. The van der Waals surface area contributed by atoms with E-state index in [0.717, 1.165) is 10.6 Å². The van der Waals surface area contributed by atoms with Crippen LogP contribution in [0, 0.1) is 0 Å². The third kappa shape index (κ3) is 2.44. The van der Waals surface area contributed by atoms with Crippen LogP contribution in [-0.2, 0) is 11.2 Å². The van der Waals surface area contributed by atoms with Gasteiger partial charge in [0.2, 0.25) is 5.91 Å². The lowest BCUT2D eigenvalue weighted by Crippen LogP contribution is -2.39. The van der Waals surface area contributed by atoms with Crippen molar-refractivity contribution >= 4 is 33.7 Å².